The lowest BCUT2D eigenvalue weighted by molar-refractivity contribution is -0.385. The molecular formula is C12H10ClN3O4. The number of benzene rings is 1. The van der Waals surface area contributed by atoms with Crippen molar-refractivity contribution in [2.45, 2.75) is 13.8 Å². The maximum absolute atomic E-state index is 11.0. The van der Waals surface area contributed by atoms with Gasteiger partial charge >= 0.3 is 5.97 Å². The summed E-state index contributed by atoms with van der Waals surface area (Å²) in [6.07, 6.45) is 0. The number of carboxylic acid groups (broad SMARTS) is 1. The average Bonchev–Trinajstić information content (AvgIpc) is 2.65. The van der Waals surface area contributed by atoms with E-state index in [9.17, 15) is 14.9 Å². The highest BCUT2D eigenvalue weighted by Crippen LogP contribution is 2.26. The van der Waals surface area contributed by atoms with Gasteiger partial charge in [-0.05, 0) is 26.0 Å². The van der Waals surface area contributed by atoms with Crippen molar-refractivity contribution in [1.82, 2.24) is 9.78 Å². The van der Waals surface area contributed by atoms with Crippen LogP contribution in [0.3, 0.4) is 0 Å². The Kier molecular flexibility index (Phi) is 3.46. The molecule has 2 rings (SSSR count). The zero-order chi connectivity index (χ0) is 15.0. The minimum absolute atomic E-state index is 0.369. The molecule has 0 amide bonds. The second-order valence-corrected chi connectivity index (χ2v) is 4.54. The van der Waals surface area contributed by atoms with Crippen molar-refractivity contribution in [3.05, 3.63) is 50.3 Å². The molecule has 0 saturated heterocycles. The summed E-state index contributed by atoms with van der Waals surface area (Å²) >= 11 is 6.02. The number of nitrogens with zero attached hydrogens (tertiary/aromatic N) is 3. The van der Waals surface area contributed by atoms with Crippen molar-refractivity contribution in [3.63, 3.8) is 0 Å². The van der Waals surface area contributed by atoms with E-state index >= 15 is 0 Å². The van der Waals surface area contributed by atoms with E-state index in [2.05, 4.69) is 5.10 Å². The van der Waals surface area contributed by atoms with Crippen molar-refractivity contribution in [2.75, 3.05) is 0 Å². The third-order valence-corrected chi connectivity index (χ3v) is 3.40. The van der Waals surface area contributed by atoms with Crippen molar-refractivity contribution in [3.8, 4) is 5.69 Å². The monoisotopic (exact) mass is 295 g/mol. The number of hydrogen-bond donors (Lipinski definition) is 1. The Bertz CT molecular complexity index is 724. The van der Waals surface area contributed by atoms with Crippen LogP contribution in [0.1, 0.15) is 21.7 Å². The lowest BCUT2D eigenvalue weighted by Crippen LogP contribution is -2.05. The first-order chi connectivity index (χ1) is 9.32. The smallest absolute Gasteiger partial charge is 0.342 e. The zero-order valence-corrected chi connectivity index (χ0v) is 11.4. The zero-order valence-electron chi connectivity index (χ0n) is 10.6. The van der Waals surface area contributed by atoms with Gasteiger partial charge < -0.3 is 5.11 Å². The van der Waals surface area contributed by atoms with E-state index in [0.717, 1.165) is 0 Å². The molecule has 8 heteroatoms. The highest BCUT2D eigenvalue weighted by molar-refractivity contribution is 6.31. The summed E-state index contributed by atoms with van der Waals surface area (Å²) in [5, 5.41) is 24.5. The fourth-order valence-corrected chi connectivity index (χ4v) is 1.98. The second-order valence-electron chi connectivity index (χ2n) is 4.16. The fraction of sp³-hybridized carbons (Fsp3) is 0.167. The Morgan fingerprint density at radius 3 is 2.55 bits per heavy atom. The normalized spacial score (nSPS) is 10.6. The minimum Gasteiger partial charge on any atom is -0.477 e. The van der Waals surface area contributed by atoms with Crippen molar-refractivity contribution < 1.29 is 14.8 Å². The van der Waals surface area contributed by atoms with E-state index in [1.807, 2.05) is 0 Å². The molecule has 1 heterocycles. The first kappa shape index (κ1) is 14.0. The number of halogens is 1. The number of aromatic carboxylic acids is 1. The largest absolute Gasteiger partial charge is 0.477 e. The van der Waals surface area contributed by atoms with Crippen LogP contribution in [0, 0.1) is 24.0 Å². The molecule has 0 fully saturated rings. The van der Waals surface area contributed by atoms with Crippen LogP contribution in [0.2, 0.25) is 5.02 Å². The van der Waals surface area contributed by atoms with Gasteiger partial charge in [0.15, 0.2) is 0 Å². The Morgan fingerprint density at radius 1 is 1.45 bits per heavy atom. The summed E-state index contributed by atoms with van der Waals surface area (Å²) in [6, 6.07) is 3.80. The van der Waals surface area contributed by atoms with Gasteiger partial charge in [0.25, 0.3) is 5.69 Å². The van der Waals surface area contributed by atoms with E-state index in [4.69, 9.17) is 16.7 Å². The lowest BCUT2D eigenvalue weighted by Gasteiger charge is -2.05. The number of rotatable bonds is 3. The van der Waals surface area contributed by atoms with E-state index in [1.165, 1.54) is 22.9 Å². The molecule has 20 heavy (non-hydrogen) atoms. The molecule has 0 aliphatic carbocycles. The van der Waals surface area contributed by atoms with Gasteiger partial charge in [-0.15, -0.1) is 0 Å². The van der Waals surface area contributed by atoms with E-state index in [1.54, 1.807) is 13.8 Å². The summed E-state index contributed by atoms with van der Waals surface area (Å²) in [7, 11) is 0. The average molecular weight is 296 g/mol. The molecule has 0 atom stereocenters. The maximum Gasteiger partial charge on any atom is 0.342 e. The molecule has 2 aromatic rings. The Balaban J connectivity index is 2.65. The summed E-state index contributed by atoms with van der Waals surface area (Å²) in [5.74, 6) is -1.35. The molecule has 104 valence electrons. The highest BCUT2D eigenvalue weighted by Gasteiger charge is 2.21. The Hall–Kier alpha value is -2.41. The molecule has 0 aliphatic rings. The van der Waals surface area contributed by atoms with E-state index in [-0.39, 0.29) is 5.56 Å². The molecule has 7 nitrogen and oxygen atoms in total. The van der Waals surface area contributed by atoms with Crippen LogP contribution < -0.4 is 0 Å². The van der Waals surface area contributed by atoms with Gasteiger partial charge in [-0.1, -0.05) is 11.6 Å². The quantitative estimate of drug-likeness (QED) is 0.693. The summed E-state index contributed by atoms with van der Waals surface area (Å²) in [6.45, 7) is 3.44. The van der Waals surface area contributed by atoms with Crippen LogP contribution in [-0.2, 0) is 0 Å². The van der Waals surface area contributed by atoms with Gasteiger partial charge in [-0.25, -0.2) is 9.48 Å². The van der Waals surface area contributed by atoms with Gasteiger partial charge in [0.1, 0.15) is 5.56 Å². The molecule has 0 unspecified atom stereocenters. The third-order valence-electron chi connectivity index (χ3n) is 2.86. The van der Waals surface area contributed by atoms with Crippen molar-refractivity contribution in [2.24, 2.45) is 0 Å². The fourth-order valence-electron chi connectivity index (χ4n) is 1.86. The third kappa shape index (κ3) is 2.23. The molecule has 0 spiro atoms. The van der Waals surface area contributed by atoms with Crippen molar-refractivity contribution >= 4 is 23.3 Å². The number of nitro groups is 1. The number of nitro benzene ring substituents is 1. The Labute approximate surface area is 118 Å². The number of carbonyl (C=O) groups is 1. The van der Waals surface area contributed by atoms with Gasteiger partial charge in [0.05, 0.1) is 27.0 Å². The molecule has 0 saturated carbocycles. The summed E-state index contributed by atoms with van der Waals surface area (Å²) in [5.41, 5.74) is 0.745. The molecule has 1 aromatic heterocycles. The maximum atomic E-state index is 11.0. The van der Waals surface area contributed by atoms with Gasteiger partial charge in [-0.3, -0.25) is 10.1 Å². The van der Waals surface area contributed by atoms with Crippen LogP contribution in [0.5, 0.6) is 0 Å². The molecule has 1 N–H and O–H groups in total. The second kappa shape index (κ2) is 4.93. The first-order valence-corrected chi connectivity index (χ1v) is 5.94. The topological polar surface area (TPSA) is 98.3 Å². The van der Waals surface area contributed by atoms with Crippen LogP contribution in [0.15, 0.2) is 18.2 Å². The SMILES string of the molecule is Cc1nn(-c2ccc(C(=O)O)c([N+](=O)[O-])c2)c(C)c1Cl. The Morgan fingerprint density at radius 2 is 2.10 bits per heavy atom. The van der Waals surface area contributed by atoms with E-state index in [0.29, 0.717) is 22.1 Å². The van der Waals surface area contributed by atoms with Gasteiger partial charge in [0.2, 0.25) is 0 Å². The van der Waals surface area contributed by atoms with Crippen LogP contribution in [0.25, 0.3) is 5.69 Å². The highest BCUT2D eigenvalue weighted by atomic mass is 35.5. The number of carboxylic acids is 1. The molecule has 0 aliphatic heterocycles. The van der Waals surface area contributed by atoms with Crippen LogP contribution in [-0.4, -0.2) is 25.8 Å². The van der Waals surface area contributed by atoms with Crippen LogP contribution >= 0.6 is 11.6 Å². The predicted molar refractivity (Wildman–Crippen MR) is 71.7 cm³/mol. The lowest BCUT2D eigenvalue weighted by atomic mass is 10.1. The minimum atomic E-state index is -1.35. The predicted octanol–water partition coefficient (Wildman–Crippen LogP) is 2.75. The van der Waals surface area contributed by atoms with E-state index < -0.39 is 16.6 Å². The first-order valence-electron chi connectivity index (χ1n) is 5.56. The number of aromatic nitrogens is 2. The molecule has 1 aromatic carbocycles. The van der Waals surface area contributed by atoms with Gasteiger partial charge in [0, 0.05) is 6.07 Å². The summed E-state index contributed by atoms with van der Waals surface area (Å²) in [4.78, 5) is 21.2. The van der Waals surface area contributed by atoms with Crippen LogP contribution in [0.4, 0.5) is 5.69 Å². The number of hydrogen-bond acceptors (Lipinski definition) is 4. The molecule has 0 radical (unpaired) electrons. The molecular weight excluding hydrogens is 286 g/mol. The standard InChI is InChI=1S/C12H10ClN3O4/c1-6-11(13)7(2)15(14-6)8-3-4-9(12(17)18)10(5-8)16(19)20/h3-5H,1-2H3,(H,17,18). The number of aryl methyl sites for hydroxylation is 1. The summed E-state index contributed by atoms with van der Waals surface area (Å²) < 4.78 is 1.44. The van der Waals surface area contributed by atoms with Crippen molar-refractivity contribution in [1.29, 1.82) is 0 Å². The van der Waals surface area contributed by atoms with Gasteiger partial charge in [-0.2, -0.15) is 5.10 Å². The molecule has 0 bridgehead atoms.